The molecule has 0 bridgehead atoms. The molecule has 25 heavy (non-hydrogen) atoms. The molecule has 3 aromatic rings. The summed E-state index contributed by atoms with van der Waals surface area (Å²) in [6.45, 7) is 2.09. The van der Waals surface area contributed by atoms with E-state index < -0.39 is 0 Å². The van der Waals surface area contributed by atoms with Gasteiger partial charge in [-0.3, -0.25) is 10.2 Å². The zero-order valence-electron chi connectivity index (χ0n) is 13.2. The number of rotatable bonds is 7. The Kier molecular flexibility index (Phi) is 5.63. The number of hydrazine groups is 1. The number of anilines is 2. The van der Waals surface area contributed by atoms with E-state index in [0.717, 1.165) is 26.0 Å². The van der Waals surface area contributed by atoms with E-state index in [-0.39, 0.29) is 17.6 Å². The standard InChI is InChI=1S/C13H16N8OS3/c1-2-23-13-17-8-4-3-7(5-9(8)25-13)16-10(22)6-24-12-20-19-11(18-14)21(12)15/h3-5H,2,6,14-15H2,1H3,(H,16,22)(H,18,19). The zero-order valence-corrected chi connectivity index (χ0v) is 15.7. The lowest BCUT2D eigenvalue weighted by molar-refractivity contribution is -0.113. The molecule has 0 saturated carbocycles. The molecule has 6 N–H and O–H groups in total. The summed E-state index contributed by atoms with van der Waals surface area (Å²) in [4.78, 5) is 16.7. The quantitative estimate of drug-likeness (QED) is 0.267. The highest BCUT2D eigenvalue weighted by atomic mass is 32.2. The Bertz CT molecular complexity index is 893. The number of hydrogen-bond donors (Lipinski definition) is 4. The van der Waals surface area contributed by atoms with Crippen LogP contribution < -0.4 is 22.4 Å². The molecule has 0 radical (unpaired) electrons. The average molecular weight is 397 g/mol. The van der Waals surface area contributed by atoms with E-state index in [1.165, 1.54) is 16.4 Å². The molecule has 0 atom stereocenters. The second kappa shape index (κ2) is 7.91. The normalized spacial score (nSPS) is 11.0. The third-order valence-electron chi connectivity index (χ3n) is 3.05. The van der Waals surface area contributed by atoms with Crippen LogP contribution in [0.5, 0.6) is 0 Å². The van der Waals surface area contributed by atoms with Crippen molar-refractivity contribution in [3.8, 4) is 0 Å². The summed E-state index contributed by atoms with van der Waals surface area (Å²) < 4.78 is 3.26. The third-order valence-corrected chi connectivity index (χ3v) is 6.03. The molecule has 0 saturated heterocycles. The predicted octanol–water partition coefficient (Wildman–Crippen LogP) is 1.73. The van der Waals surface area contributed by atoms with Crippen molar-refractivity contribution in [2.24, 2.45) is 5.84 Å². The molecule has 0 aliphatic carbocycles. The van der Waals surface area contributed by atoms with E-state index in [0.29, 0.717) is 5.16 Å². The van der Waals surface area contributed by atoms with Gasteiger partial charge in [0.15, 0.2) is 4.34 Å². The van der Waals surface area contributed by atoms with Crippen molar-refractivity contribution in [3.05, 3.63) is 18.2 Å². The maximum Gasteiger partial charge on any atom is 0.258 e. The molecule has 132 valence electrons. The fourth-order valence-corrected chi connectivity index (χ4v) is 4.63. The maximum atomic E-state index is 12.1. The topological polar surface area (TPSA) is 137 Å². The molecule has 3 rings (SSSR count). The number of hydrogen-bond acceptors (Lipinski definition) is 10. The molecule has 0 spiro atoms. The largest absolute Gasteiger partial charge is 0.334 e. The number of nitrogens with one attached hydrogen (secondary N) is 2. The van der Waals surface area contributed by atoms with Gasteiger partial charge >= 0.3 is 0 Å². The molecule has 0 fully saturated rings. The van der Waals surface area contributed by atoms with Crippen LogP contribution in [0.25, 0.3) is 10.2 Å². The highest BCUT2D eigenvalue weighted by Gasteiger charge is 2.12. The third kappa shape index (κ3) is 4.15. The highest BCUT2D eigenvalue weighted by Crippen LogP contribution is 2.31. The van der Waals surface area contributed by atoms with Gasteiger partial charge in [0.05, 0.1) is 16.0 Å². The number of thioether (sulfide) groups is 2. The number of fused-ring (bicyclic) bond motifs is 1. The van der Waals surface area contributed by atoms with Crippen LogP contribution >= 0.6 is 34.9 Å². The number of carbonyl (C=O) groups is 1. The monoisotopic (exact) mass is 396 g/mol. The molecule has 0 aliphatic rings. The maximum absolute atomic E-state index is 12.1. The van der Waals surface area contributed by atoms with Gasteiger partial charge in [-0.1, -0.05) is 30.4 Å². The first-order chi connectivity index (χ1) is 12.1. The Labute approximate surface area is 155 Å². The predicted molar refractivity (Wildman–Crippen MR) is 103 cm³/mol. The lowest BCUT2D eigenvalue weighted by Crippen LogP contribution is -2.19. The van der Waals surface area contributed by atoms with Gasteiger partial charge < -0.3 is 11.2 Å². The summed E-state index contributed by atoms with van der Waals surface area (Å²) in [5.74, 6) is 12.2. The number of aromatic nitrogens is 4. The number of benzene rings is 1. The number of nitrogens with zero attached hydrogens (tertiary/aromatic N) is 4. The number of nitrogens with two attached hydrogens (primary N) is 2. The van der Waals surface area contributed by atoms with Gasteiger partial charge in [0.2, 0.25) is 11.1 Å². The Morgan fingerprint density at radius 2 is 2.20 bits per heavy atom. The van der Waals surface area contributed by atoms with Gasteiger partial charge in [-0.05, 0) is 24.0 Å². The summed E-state index contributed by atoms with van der Waals surface area (Å²) >= 11 is 4.49. The van der Waals surface area contributed by atoms with Crippen LogP contribution in [-0.4, -0.2) is 37.3 Å². The van der Waals surface area contributed by atoms with Gasteiger partial charge in [0.25, 0.3) is 5.95 Å². The van der Waals surface area contributed by atoms with E-state index in [1.807, 2.05) is 18.2 Å². The van der Waals surface area contributed by atoms with Crippen LogP contribution in [-0.2, 0) is 4.79 Å². The van der Waals surface area contributed by atoms with Crippen LogP contribution in [0.15, 0.2) is 27.7 Å². The van der Waals surface area contributed by atoms with Crippen LogP contribution in [0.3, 0.4) is 0 Å². The van der Waals surface area contributed by atoms with Crippen molar-refractivity contribution in [1.29, 1.82) is 0 Å². The van der Waals surface area contributed by atoms with Crippen LogP contribution in [0.2, 0.25) is 0 Å². The molecule has 9 nitrogen and oxygen atoms in total. The van der Waals surface area contributed by atoms with Gasteiger partial charge in [-0.15, -0.1) is 21.5 Å². The van der Waals surface area contributed by atoms with Crippen molar-refractivity contribution in [3.63, 3.8) is 0 Å². The average Bonchev–Trinajstić information content (AvgIpc) is 3.15. The van der Waals surface area contributed by atoms with Crippen molar-refractivity contribution < 1.29 is 4.79 Å². The van der Waals surface area contributed by atoms with Gasteiger partial charge in [-0.25, -0.2) is 15.5 Å². The first kappa shape index (κ1) is 17.8. The SMILES string of the molecule is CCSc1nc2ccc(NC(=O)CSc3nnc(NN)n3N)cc2s1. The lowest BCUT2D eigenvalue weighted by Gasteiger charge is -2.05. The Morgan fingerprint density at radius 3 is 2.92 bits per heavy atom. The van der Waals surface area contributed by atoms with E-state index in [4.69, 9.17) is 11.7 Å². The first-order valence-corrected chi connectivity index (χ1v) is 10.0. The number of amides is 1. The Balaban J connectivity index is 1.62. The fourth-order valence-electron chi connectivity index (χ4n) is 1.97. The van der Waals surface area contributed by atoms with Gasteiger partial charge in [-0.2, -0.15) is 0 Å². The summed E-state index contributed by atoms with van der Waals surface area (Å²) in [7, 11) is 0. The summed E-state index contributed by atoms with van der Waals surface area (Å²) in [6.07, 6.45) is 0. The minimum absolute atomic E-state index is 0.150. The first-order valence-electron chi connectivity index (χ1n) is 7.24. The van der Waals surface area contributed by atoms with Crippen LogP contribution in [0.1, 0.15) is 6.92 Å². The van der Waals surface area contributed by atoms with Crippen molar-refractivity contribution in [2.75, 3.05) is 28.1 Å². The smallest absolute Gasteiger partial charge is 0.258 e. The minimum atomic E-state index is -0.165. The zero-order chi connectivity index (χ0) is 17.8. The molecule has 0 unspecified atom stereocenters. The molecule has 2 heterocycles. The van der Waals surface area contributed by atoms with E-state index in [1.54, 1.807) is 23.1 Å². The van der Waals surface area contributed by atoms with Gasteiger partial charge in [0, 0.05) is 5.69 Å². The van der Waals surface area contributed by atoms with Crippen molar-refractivity contribution in [2.45, 2.75) is 16.4 Å². The Hall–Kier alpha value is -2.02. The summed E-state index contributed by atoms with van der Waals surface area (Å²) in [5, 5.41) is 10.8. The lowest BCUT2D eigenvalue weighted by atomic mass is 10.3. The van der Waals surface area contributed by atoms with Crippen molar-refractivity contribution >= 4 is 62.6 Å². The molecular weight excluding hydrogens is 380 g/mol. The van der Waals surface area contributed by atoms with E-state index in [2.05, 4.69) is 32.8 Å². The summed E-state index contributed by atoms with van der Waals surface area (Å²) in [6, 6.07) is 5.67. The fraction of sp³-hybridized carbons (Fsp3) is 0.231. The molecule has 0 aliphatic heterocycles. The number of carbonyl (C=O) groups excluding carboxylic acids is 1. The second-order valence-corrected chi connectivity index (χ2v) is 8.24. The van der Waals surface area contributed by atoms with Gasteiger partial charge in [0.1, 0.15) is 0 Å². The number of thiazole rings is 1. The summed E-state index contributed by atoms with van der Waals surface area (Å²) in [5.41, 5.74) is 3.98. The van der Waals surface area contributed by atoms with Crippen LogP contribution in [0.4, 0.5) is 11.6 Å². The molecule has 2 aromatic heterocycles. The number of nitrogen functional groups attached to an aromatic ring is 2. The second-order valence-electron chi connectivity index (χ2n) is 4.75. The van der Waals surface area contributed by atoms with E-state index in [9.17, 15) is 4.79 Å². The van der Waals surface area contributed by atoms with Crippen LogP contribution in [0, 0.1) is 0 Å². The minimum Gasteiger partial charge on any atom is -0.334 e. The molecule has 1 amide bonds. The van der Waals surface area contributed by atoms with Crippen molar-refractivity contribution in [1.82, 2.24) is 19.9 Å². The Morgan fingerprint density at radius 1 is 1.36 bits per heavy atom. The molecule has 12 heteroatoms. The molecule has 1 aromatic carbocycles. The highest BCUT2D eigenvalue weighted by molar-refractivity contribution is 8.01. The molecular formula is C13H16N8OS3. The van der Waals surface area contributed by atoms with E-state index >= 15 is 0 Å².